The molecule has 9 heteroatoms. The first-order valence-corrected chi connectivity index (χ1v) is 12.4. The van der Waals surface area contributed by atoms with Crippen molar-refractivity contribution >= 4 is 28.8 Å². The van der Waals surface area contributed by atoms with Crippen molar-refractivity contribution in [3.05, 3.63) is 88.1 Å². The number of amides is 2. The van der Waals surface area contributed by atoms with E-state index in [9.17, 15) is 18.4 Å². The normalized spacial score (nSPS) is 15.9. The van der Waals surface area contributed by atoms with Gasteiger partial charge >= 0.3 is 11.8 Å². The molecule has 0 saturated carbocycles. The number of piperazine rings is 1. The van der Waals surface area contributed by atoms with E-state index in [0.717, 1.165) is 4.88 Å². The molecule has 0 spiro atoms. The summed E-state index contributed by atoms with van der Waals surface area (Å²) in [6.07, 6.45) is 0. The Hall–Kier alpha value is -3.30. The first-order chi connectivity index (χ1) is 16.9. The lowest BCUT2D eigenvalue weighted by Crippen LogP contribution is -2.53. The number of anilines is 1. The van der Waals surface area contributed by atoms with Gasteiger partial charge in [0.1, 0.15) is 11.6 Å². The Balaban J connectivity index is 1.37. The Labute approximate surface area is 207 Å². The number of halogens is 2. The third kappa shape index (κ3) is 6.23. The Bertz CT molecular complexity index is 1130. The molecule has 1 aliphatic rings. The van der Waals surface area contributed by atoms with Gasteiger partial charge in [-0.25, -0.2) is 8.78 Å². The summed E-state index contributed by atoms with van der Waals surface area (Å²) < 4.78 is 27.3. The van der Waals surface area contributed by atoms with E-state index in [1.54, 1.807) is 35.6 Å². The Morgan fingerprint density at radius 2 is 1.66 bits per heavy atom. The zero-order valence-corrected chi connectivity index (χ0v) is 20.2. The van der Waals surface area contributed by atoms with Gasteiger partial charge in [0.25, 0.3) is 0 Å². The highest BCUT2D eigenvalue weighted by Gasteiger charge is 2.32. The van der Waals surface area contributed by atoms with Crippen LogP contribution in [0.4, 0.5) is 14.5 Å². The molecule has 0 radical (unpaired) electrons. The smallest absolute Gasteiger partial charge is 0.309 e. The van der Waals surface area contributed by atoms with Crippen LogP contribution >= 0.6 is 11.3 Å². The lowest BCUT2D eigenvalue weighted by molar-refractivity contribution is -0.140. The van der Waals surface area contributed by atoms with Gasteiger partial charge in [0.2, 0.25) is 0 Å². The van der Waals surface area contributed by atoms with Crippen LogP contribution in [0, 0.1) is 11.6 Å². The summed E-state index contributed by atoms with van der Waals surface area (Å²) >= 11 is 1.60. The highest BCUT2D eigenvalue weighted by Crippen LogP contribution is 2.30. The highest BCUT2D eigenvalue weighted by atomic mass is 32.1. The van der Waals surface area contributed by atoms with Crippen molar-refractivity contribution in [3.8, 4) is 0 Å². The minimum Gasteiger partial charge on any atom is -0.367 e. The van der Waals surface area contributed by atoms with E-state index in [1.807, 2.05) is 35.4 Å². The van der Waals surface area contributed by atoms with Crippen LogP contribution in [0.2, 0.25) is 0 Å². The average molecular weight is 499 g/mol. The van der Waals surface area contributed by atoms with E-state index in [2.05, 4.69) is 15.5 Å². The van der Waals surface area contributed by atoms with E-state index in [-0.39, 0.29) is 30.3 Å². The molecule has 1 saturated heterocycles. The molecule has 1 fully saturated rings. The summed E-state index contributed by atoms with van der Waals surface area (Å²) in [6, 6.07) is 16.0. The van der Waals surface area contributed by atoms with Crippen molar-refractivity contribution in [1.29, 1.82) is 0 Å². The van der Waals surface area contributed by atoms with Crippen molar-refractivity contribution in [2.45, 2.75) is 25.6 Å². The number of nitrogens with one attached hydrogen (secondary N) is 2. The summed E-state index contributed by atoms with van der Waals surface area (Å²) in [5.74, 6) is -2.05. The molecule has 2 aromatic carbocycles. The van der Waals surface area contributed by atoms with Gasteiger partial charge in [-0.05, 0) is 48.2 Å². The summed E-state index contributed by atoms with van der Waals surface area (Å²) in [5, 5.41) is 7.41. The third-order valence-corrected chi connectivity index (χ3v) is 7.08. The largest absolute Gasteiger partial charge is 0.367 e. The number of thiophene rings is 1. The fourth-order valence-corrected chi connectivity index (χ4v) is 5.33. The highest BCUT2D eigenvalue weighted by molar-refractivity contribution is 7.10. The second kappa shape index (κ2) is 11.4. The van der Waals surface area contributed by atoms with Crippen molar-refractivity contribution in [2.75, 3.05) is 31.1 Å². The summed E-state index contributed by atoms with van der Waals surface area (Å²) in [4.78, 5) is 30.4. The van der Waals surface area contributed by atoms with Gasteiger partial charge in [0.05, 0.1) is 11.7 Å². The Kier molecular flexibility index (Phi) is 8.09. The molecule has 6 nitrogen and oxygen atoms in total. The molecule has 4 rings (SSSR count). The van der Waals surface area contributed by atoms with Gasteiger partial charge in [-0.15, -0.1) is 11.3 Å². The van der Waals surface area contributed by atoms with Crippen molar-refractivity contribution in [3.63, 3.8) is 0 Å². The molecule has 1 aliphatic heterocycles. The van der Waals surface area contributed by atoms with Crippen molar-refractivity contribution in [2.24, 2.45) is 0 Å². The maximum atomic E-state index is 14.2. The molecule has 2 atom stereocenters. The first-order valence-electron chi connectivity index (χ1n) is 11.5. The molecular weight excluding hydrogens is 470 g/mol. The van der Waals surface area contributed by atoms with Gasteiger partial charge in [0.15, 0.2) is 0 Å². The fraction of sp³-hybridized carbons (Fsp3) is 0.308. The fourth-order valence-electron chi connectivity index (χ4n) is 4.37. The molecule has 0 bridgehead atoms. The molecule has 2 heterocycles. The Morgan fingerprint density at radius 3 is 2.31 bits per heavy atom. The van der Waals surface area contributed by atoms with E-state index < -0.39 is 11.8 Å². The van der Waals surface area contributed by atoms with Crippen LogP contribution < -0.4 is 15.5 Å². The summed E-state index contributed by atoms with van der Waals surface area (Å²) in [5.41, 5.74) is 1.30. The van der Waals surface area contributed by atoms with Crippen LogP contribution in [0.5, 0.6) is 0 Å². The van der Waals surface area contributed by atoms with Crippen molar-refractivity contribution in [1.82, 2.24) is 15.5 Å². The number of carbonyl (C=O) groups is 2. The maximum absolute atomic E-state index is 14.2. The summed E-state index contributed by atoms with van der Waals surface area (Å²) in [7, 11) is 0. The topological polar surface area (TPSA) is 64.7 Å². The summed E-state index contributed by atoms with van der Waals surface area (Å²) in [6.45, 7) is 4.71. The number of hydrogen-bond donors (Lipinski definition) is 2. The molecular formula is C26H28F2N4O2S. The van der Waals surface area contributed by atoms with Gasteiger partial charge in [-0.2, -0.15) is 0 Å². The van der Waals surface area contributed by atoms with E-state index in [1.165, 1.54) is 18.2 Å². The van der Waals surface area contributed by atoms with E-state index in [0.29, 0.717) is 37.4 Å². The van der Waals surface area contributed by atoms with Gasteiger partial charge < -0.3 is 15.5 Å². The molecule has 1 aromatic heterocycles. The average Bonchev–Trinajstić information content (AvgIpc) is 3.39. The Morgan fingerprint density at radius 1 is 0.943 bits per heavy atom. The molecule has 35 heavy (non-hydrogen) atoms. The zero-order valence-electron chi connectivity index (χ0n) is 19.4. The molecule has 184 valence electrons. The number of para-hydroxylation sites is 1. The molecule has 3 aromatic rings. The second-order valence-corrected chi connectivity index (χ2v) is 9.49. The van der Waals surface area contributed by atoms with E-state index in [4.69, 9.17) is 0 Å². The molecule has 0 aliphatic carbocycles. The second-order valence-electron chi connectivity index (χ2n) is 8.51. The van der Waals surface area contributed by atoms with Crippen LogP contribution in [0.15, 0.2) is 66.0 Å². The van der Waals surface area contributed by atoms with Crippen LogP contribution in [0.1, 0.15) is 23.4 Å². The predicted molar refractivity (Wildman–Crippen MR) is 133 cm³/mol. The number of hydrogen-bond acceptors (Lipinski definition) is 5. The van der Waals surface area contributed by atoms with Gasteiger partial charge in [-0.1, -0.05) is 30.3 Å². The zero-order chi connectivity index (χ0) is 24.8. The number of nitrogens with zero attached hydrogens (tertiary/aromatic N) is 2. The van der Waals surface area contributed by atoms with Crippen LogP contribution in [0.25, 0.3) is 0 Å². The maximum Gasteiger partial charge on any atom is 0.309 e. The molecule has 0 unspecified atom stereocenters. The lowest BCUT2D eigenvalue weighted by Gasteiger charge is -2.42. The standard InChI is InChI=1S/C26H28F2N4O2S/c1-18(30-26(34)25(33)29-17-19-8-10-20(27)11-9-19)24(23-7-4-16-35-23)32-14-12-31(13-15-32)22-6-3-2-5-21(22)28/h2-11,16,18,24H,12-15,17H2,1H3,(H,29,33)(H,30,34)/t18-,24+/m0/s1. The quantitative estimate of drug-likeness (QED) is 0.488. The number of benzene rings is 2. The van der Waals surface area contributed by atoms with Gasteiger partial charge in [0, 0.05) is 43.6 Å². The van der Waals surface area contributed by atoms with Crippen molar-refractivity contribution < 1.29 is 18.4 Å². The minimum atomic E-state index is -0.740. The third-order valence-electron chi connectivity index (χ3n) is 6.14. The minimum absolute atomic E-state index is 0.119. The van der Waals surface area contributed by atoms with Crippen LogP contribution in [0.3, 0.4) is 0 Å². The molecule has 2 N–H and O–H groups in total. The predicted octanol–water partition coefficient (Wildman–Crippen LogP) is 3.71. The SMILES string of the molecule is C[C@H](NC(=O)C(=O)NCc1ccc(F)cc1)[C@H](c1cccs1)N1CCN(c2ccccc2F)CC1. The van der Waals surface area contributed by atoms with E-state index >= 15 is 0 Å². The lowest BCUT2D eigenvalue weighted by atomic mass is 10.0. The number of carbonyl (C=O) groups excluding carboxylic acids is 2. The molecule has 2 amide bonds. The monoisotopic (exact) mass is 498 g/mol. The van der Waals surface area contributed by atoms with Crippen LogP contribution in [-0.4, -0.2) is 48.9 Å². The first kappa shape index (κ1) is 24.8. The number of rotatable bonds is 7. The van der Waals surface area contributed by atoms with Gasteiger partial charge in [-0.3, -0.25) is 14.5 Å². The van der Waals surface area contributed by atoms with Crippen LogP contribution in [-0.2, 0) is 16.1 Å².